The van der Waals surface area contributed by atoms with Gasteiger partial charge >= 0.3 is 5.97 Å². The number of halogens is 1. The lowest BCUT2D eigenvalue weighted by Crippen LogP contribution is -2.30. The third kappa shape index (κ3) is 4.48. The molecule has 1 atom stereocenters. The molecule has 2 aromatic rings. The summed E-state index contributed by atoms with van der Waals surface area (Å²) in [5.41, 5.74) is 3.76. The maximum Gasteiger partial charge on any atom is 0.306 e. The Balaban J connectivity index is 1.49. The highest BCUT2D eigenvalue weighted by atomic mass is 19.1. The van der Waals surface area contributed by atoms with Crippen LogP contribution in [0.15, 0.2) is 42.5 Å². The molecular formula is C21H22FNO3. The predicted molar refractivity (Wildman–Crippen MR) is 97.4 cm³/mol. The highest BCUT2D eigenvalue weighted by Gasteiger charge is 2.19. The molecule has 0 heterocycles. The van der Waals surface area contributed by atoms with Crippen molar-refractivity contribution in [1.29, 1.82) is 0 Å². The zero-order valence-corrected chi connectivity index (χ0v) is 14.8. The first-order chi connectivity index (χ1) is 12.5. The van der Waals surface area contributed by atoms with E-state index in [0.29, 0.717) is 11.3 Å². The Morgan fingerprint density at radius 1 is 1.15 bits per heavy atom. The van der Waals surface area contributed by atoms with Gasteiger partial charge in [-0.1, -0.05) is 24.3 Å². The first-order valence-corrected chi connectivity index (χ1v) is 8.88. The number of carbonyl (C=O) groups excluding carboxylic acids is 2. The normalized spacial score (nSPS) is 13.8. The van der Waals surface area contributed by atoms with E-state index in [9.17, 15) is 14.0 Å². The topological polar surface area (TPSA) is 55.4 Å². The minimum atomic E-state index is -0.906. The minimum absolute atomic E-state index is 0.0252. The van der Waals surface area contributed by atoms with E-state index in [1.54, 1.807) is 18.2 Å². The van der Waals surface area contributed by atoms with Crippen molar-refractivity contribution in [3.05, 3.63) is 65.0 Å². The smallest absolute Gasteiger partial charge is 0.306 e. The molecule has 0 radical (unpaired) electrons. The molecule has 26 heavy (non-hydrogen) atoms. The summed E-state index contributed by atoms with van der Waals surface area (Å²) in [6, 6.07) is 12.2. The van der Waals surface area contributed by atoms with Gasteiger partial charge in [0.1, 0.15) is 5.82 Å². The van der Waals surface area contributed by atoms with Gasteiger partial charge in [-0.15, -0.1) is 0 Å². The monoisotopic (exact) mass is 355 g/mol. The van der Waals surface area contributed by atoms with E-state index >= 15 is 0 Å². The molecule has 0 bridgehead atoms. The lowest BCUT2D eigenvalue weighted by molar-refractivity contribution is -0.153. The Hall–Kier alpha value is -2.69. The summed E-state index contributed by atoms with van der Waals surface area (Å²) < 4.78 is 18.7. The molecule has 1 N–H and O–H groups in total. The average Bonchev–Trinajstić information content (AvgIpc) is 3.08. The van der Waals surface area contributed by atoms with Gasteiger partial charge in [-0.3, -0.25) is 9.59 Å². The molecule has 1 aliphatic carbocycles. The number of nitrogens with one attached hydrogen (secondary N) is 1. The molecule has 2 aromatic carbocycles. The van der Waals surface area contributed by atoms with E-state index in [-0.39, 0.29) is 24.6 Å². The number of ether oxygens (including phenoxy) is 1. The fourth-order valence-electron chi connectivity index (χ4n) is 3.14. The third-order valence-corrected chi connectivity index (χ3v) is 4.60. The maximum absolute atomic E-state index is 13.6. The van der Waals surface area contributed by atoms with Crippen molar-refractivity contribution in [1.82, 2.24) is 0 Å². The number of benzene rings is 2. The number of hydrogen-bond donors (Lipinski definition) is 1. The average molecular weight is 355 g/mol. The summed E-state index contributed by atoms with van der Waals surface area (Å²) in [6.07, 6.45) is 2.61. The Labute approximate surface area is 152 Å². The lowest BCUT2D eigenvalue weighted by Gasteiger charge is -2.14. The number of carbonyl (C=O) groups is 2. The standard InChI is InChI=1S/C21H22FNO3/c1-14(26-20(24)12-10-16-5-2-3-8-19(16)22)21(25)23-18-11-9-15-6-4-7-17(15)13-18/h2-3,5,8-9,11,13-14H,4,6-7,10,12H2,1H3,(H,23,25)/t14-/m1/s1. The van der Waals surface area contributed by atoms with Crippen LogP contribution < -0.4 is 5.32 Å². The van der Waals surface area contributed by atoms with E-state index in [1.807, 2.05) is 18.2 Å². The van der Waals surface area contributed by atoms with Gasteiger partial charge in [-0.2, -0.15) is 0 Å². The van der Waals surface area contributed by atoms with Crippen LogP contribution in [0.1, 0.15) is 36.5 Å². The molecule has 0 unspecified atom stereocenters. The van der Waals surface area contributed by atoms with Crippen LogP contribution in [0.3, 0.4) is 0 Å². The number of aryl methyl sites for hydroxylation is 3. The molecule has 1 amide bonds. The third-order valence-electron chi connectivity index (χ3n) is 4.60. The molecule has 5 heteroatoms. The summed E-state index contributed by atoms with van der Waals surface area (Å²) in [4.78, 5) is 24.2. The van der Waals surface area contributed by atoms with Crippen molar-refractivity contribution in [2.45, 2.75) is 45.1 Å². The van der Waals surface area contributed by atoms with Gasteiger partial charge < -0.3 is 10.1 Å². The van der Waals surface area contributed by atoms with Crippen molar-refractivity contribution in [3.8, 4) is 0 Å². The number of fused-ring (bicyclic) bond motifs is 1. The number of esters is 1. The van der Waals surface area contributed by atoms with Gasteiger partial charge in [-0.25, -0.2) is 4.39 Å². The first-order valence-electron chi connectivity index (χ1n) is 8.88. The van der Waals surface area contributed by atoms with E-state index < -0.39 is 12.1 Å². The molecular weight excluding hydrogens is 333 g/mol. The van der Waals surface area contributed by atoms with Crippen molar-refractivity contribution in [3.63, 3.8) is 0 Å². The zero-order chi connectivity index (χ0) is 18.5. The highest BCUT2D eigenvalue weighted by Crippen LogP contribution is 2.25. The number of hydrogen-bond acceptors (Lipinski definition) is 3. The molecule has 3 rings (SSSR count). The largest absolute Gasteiger partial charge is 0.453 e. The summed E-state index contributed by atoms with van der Waals surface area (Å²) in [5.74, 6) is -1.24. The van der Waals surface area contributed by atoms with Gasteiger partial charge in [-0.05, 0) is 67.5 Å². The van der Waals surface area contributed by atoms with E-state index in [4.69, 9.17) is 4.74 Å². The van der Waals surface area contributed by atoms with Crippen molar-refractivity contribution < 1.29 is 18.7 Å². The quantitative estimate of drug-likeness (QED) is 0.802. The van der Waals surface area contributed by atoms with Crippen LogP contribution in [-0.2, 0) is 33.6 Å². The summed E-state index contributed by atoms with van der Waals surface area (Å²) in [5, 5.41) is 2.78. The van der Waals surface area contributed by atoms with Gasteiger partial charge in [0.2, 0.25) is 0 Å². The SMILES string of the molecule is C[C@@H](OC(=O)CCc1ccccc1F)C(=O)Nc1ccc2c(c1)CCC2. The van der Waals surface area contributed by atoms with Crippen molar-refractivity contribution in [2.75, 3.05) is 5.32 Å². The van der Waals surface area contributed by atoms with Gasteiger partial charge in [0, 0.05) is 12.1 Å². The van der Waals surface area contributed by atoms with Crippen molar-refractivity contribution >= 4 is 17.6 Å². The summed E-state index contributed by atoms with van der Waals surface area (Å²) in [7, 11) is 0. The van der Waals surface area contributed by atoms with E-state index in [0.717, 1.165) is 19.3 Å². The molecule has 0 saturated carbocycles. The Morgan fingerprint density at radius 3 is 2.73 bits per heavy atom. The molecule has 1 aliphatic rings. The highest BCUT2D eigenvalue weighted by molar-refractivity contribution is 5.95. The Kier molecular flexibility index (Phi) is 5.66. The Bertz CT molecular complexity index is 819. The molecule has 0 spiro atoms. The molecule has 0 saturated heterocycles. The predicted octanol–water partition coefficient (Wildman–Crippen LogP) is 3.82. The molecule has 136 valence electrons. The van der Waals surface area contributed by atoms with E-state index in [1.165, 1.54) is 24.1 Å². The van der Waals surface area contributed by atoms with Crippen LogP contribution in [0, 0.1) is 5.82 Å². The fourth-order valence-corrected chi connectivity index (χ4v) is 3.14. The van der Waals surface area contributed by atoms with Crippen molar-refractivity contribution in [2.24, 2.45) is 0 Å². The molecule has 0 fully saturated rings. The second-order valence-electron chi connectivity index (χ2n) is 6.55. The second-order valence-corrected chi connectivity index (χ2v) is 6.55. The number of anilines is 1. The van der Waals surface area contributed by atoms with Crippen LogP contribution >= 0.6 is 0 Å². The number of amides is 1. The van der Waals surface area contributed by atoms with Gasteiger partial charge in [0.25, 0.3) is 5.91 Å². The lowest BCUT2D eigenvalue weighted by atomic mass is 10.1. The summed E-state index contributed by atoms with van der Waals surface area (Å²) in [6.45, 7) is 1.53. The molecule has 4 nitrogen and oxygen atoms in total. The minimum Gasteiger partial charge on any atom is -0.453 e. The zero-order valence-electron chi connectivity index (χ0n) is 14.8. The van der Waals surface area contributed by atoms with Crippen LogP contribution in [0.25, 0.3) is 0 Å². The van der Waals surface area contributed by atoms with Gasteiger partial charge in [0.05, 0.1) is 0 Å². The maximum atomic E-state index is 13.6. The fraction of sp³-hybridized carbons (Fsp3) is 0.333. The Morgan fingerprint density at radius 2 is 1.92 bits per heavy atom. The van der Waals surface area contributed by atoms with E-state index in [2.05, 4.69) is 5.32 Å². The van der Waals surface area contributed by atoms with Crippen LogP contribution in [0.5, 0.6) is 0 Å². The summed E-state index contributed by atoms with van der Waals surface area (Å²) >= 11 is 0. The second kappa shape index (κ2) is 8.13. The van der Waals surface area contributed by atoms with Crippen LogP contribution in [0.2, 0.25) is 0 Å². The molecule has 0 aromatic heterocycles. The van der Waals surface area contributed by atoms with Crippen LogP contribution in [-0.4, -0.2) is 18.0 Å². The van der Waals surface area contributed by atoms with Crippen LogP contribution in [0.4, 0.5) is 10.1 Å². The number of rotatable bonds is 6. The van der Waals surface area contributed by atoms with Gasteiger partial charge in [0.15, 0.2) is 6.10 Å². The molecule has 0 aliphatic heterocycles. The first kappa shape index (κ1) is 18.1.